The number of para-hydroxylation sites is 1. The third kappa shape index (κ3) is 4.40. The zero-order chi connectivity index (χ0) is 14.4. The number of nitrogens with zero attached hydrogens (tertiary/aromatic N) is 1. The molecule has 1 unspecified atom stereocenters. The van der Waals surface area contributed by atoms with Gasteiger partial charge in [-0.25, -0.2) is 0 Å². The fraction of sp³-hybridized carbons (Fsp3) is 0.538. The summed E-state index contributed by atoms with van der Waals surface area (Å²) in [5.74, 6) is 0.458. The van der Waals surface area contributed by atoms with E-state index in [0.717, 1.165) is 0 Å². The molecular formula is C13H20N2O4. The maximum atomic E-state index is 11.2. The van der Waals surface area contributed by atoms with Crippen molar-refractivity contribution in [2.24, 2.45) is 0 Å². The van der Waals surface area contributed by atoms with E-state index in [2.05, 4.69) is 5.32 Å². The smallest absolute Gasteiger partial charge is 0.352 e. The van der Waals surface area contributed by atoms with Gasteiger partial charge in [-0.1, -0.05) is 6.07 Å². The molecule has 0 saturated heterocycles. The number of nitrogens with one attached hydrogen (secondary N) is 1. The maximum Gasteiger partial charge on any atom is 0.352 e. The second kappa shape index (κ2) is 6.94. The van der Waals surface area contributed by atoms with Gasteiger partial charge in [0.25, 0.3) is 0 Å². The van der Waals surface area contributed by atoms with Crippen LogP contribution in [-0.2, 0) is 0 Å². The zero-order valence-corrected chi connectivity index (χ0v) is 11.7. The molecular weight excluding hydrogens is 248 g/mol. The first-order chi connectivity index (χ1) is 8.95. The van der Waals surface area contributed by atoms with E-state index in [1.54, 1.807) is 25.2 Å². The minimum Gasteiger partial charge on any atom is -0.484 e. The van der Waals surface area contributed by atoms with Gasteiger partial charge in [-0.3, -0.25) is 10.1 Å². The Morgan fingerprint density at radius 3 is 2.32 bits per heavy atom. The van der Waals surface area contributed by atoms with E-state index in [0.29, 0.717) is 6.54 Å². The van der Waals surface area contributed by atoms with Crippen LogP contribution in [0.3, 0.4) is 0 Å². The Morgan fingerprint density at radius 2 is 1.84 bits per heavy atom. The molecule has 1 rings (SSSR count). The van der Waals surface area contributed by atoms with Crippen molar-refractivity contribution in [3.63, 3.8) is 0 Å². The Morgan fingerprint density at radius 1 is 1.26 bits per heavy atom. The molecule has 0 aliphatic heterocycles. The second-order valence-corrected chi connectivity index (χ2v) is 4.51. The summed E-state index contributed by atoms with van der Waals surface area (Å²) in [6.07, 6.45) is -0.304. The lowest BCUT2D eigenvalue weighted by atomic mass is 10.2. The van der Waals surface area contributed by atoms with Gasteiger partial charge in [-0.05, 0) is 40.0 Å². The van der Waals surface area contributed by atoms with Crippen LogP contribution in [0.1, 0.15) is 20.8 Å². The van der Waals surface area contributed by atoms with Gasteiger partial charge in [-0.15, -0.1) is 0 Å². The van der Waals surface area contributed by atoms with Gasteiger partial charge in [0.15, 0.2) is 0 Å². The van der Waals surface area contributed by atoms with Crippen molar-refractivity contribution in [1.29, 1.82) is 0 Å². The lowest BCUT2D eigenvalue weighted by molar-refractivity contribution is -0.387. The number of ether oxygens (including phenoxy) is 2. The first-order valence-corrected chi connectivity index (χ1v) is 6.21. The summed E-state index contributed by atoms with van der Waals surface area (Å²) in [7, 11) is 1.80. The Hall–Kier alpha value is -1.82. The average molecular weight is 268 g/mol. The van der Waals surface area contributed by atoms with Crippen molar-refractivity contribution in [3.8, 4) is 11.5 Å². The van der Waals surface area contributed by atoms with Gasteiger partial charge >= 0.3 is 5.69 Å². The molecule has 0 aromatic heterocycles. The zero-order valence-electron chi connectivity index (χ0n) is 11.7. The van der Waals surface area contributed by atoms with Crippen molar-refractivity contribution in [3.05, 3.63) is 28.3 Å². The molecule has 0 saturated carbocycles. The summed E-state index contributed by atoms with van der Waals surface area (Å²) < 4.78 is 11.0. The number of rotatable bonds is 7. The normalized spacial score (nSPS) is 12.3. The van der Waals surface area contributed by atoms with Gasteiger partial charge in [0, 0.05) is 6.54 Å². The molecule has 0 bridgehead atoms. The molecule has 0 radical (unpaired) electrons. The fourth-order valence-corrected chi connectivity index (χ4v) is 1.67. The highest BCUT2D eigenvalue weighted by atomic mass is 16.6. The van der Waals surface area contributed by atoms with Crippen LogP contribution in [0.4, 0.5) is 5.69 Å². The van der Waals surface area contributed by atoms with Crippen molar-refractivity contribution in [2.45, 2.75) is 33.0 Å². The quantitative estimate of drug-likeness (QED) is 0.607. The first-order valence-electron chi connectivity index (χ1n) is 6.21. The van der Waals surface area contributed by atoms with Crippen LogP contribution < -0.4 is 14.8 Å². The molecule has 1 N–H and O–H groups in total. The molecule has 19 heavy (non-hydrogen) atoms. The molecule has 0 spiro atoms. The number of nitro benzene ring substituents is 1. The number of hydrogen-bond acceptors (Lipinski definition) is 5. The summed E-state index contributed by atoms with van der Waals surface area (Å²) in [6, 6.07) is 4.84. The minimum absolute atomic E-state index is 0.126. The van der Waals surface area contributed by atoms with Crippen molar-refractivity contribution in [2.75, 3.05) is 13.6 Å². The lowest BCUT2D eigenvalue weighted by Gasteiger charge is -2.16. The van der Waals surface area contributed by atoms with Crippen molar-refractivity contribution < 1.29 is 14.4 Å². The summed E-state index contributed by atoms with van der Waals surface area (Å²) in [5.41, 5.74) is -0.126. The summed E-state index contributed by atoms with van der Waals surface area (Å²) in [5, 5.41) is 14.2. The van der Waals surface area contributed by atoms with E-state index < -0.39 is 4.92 Å². The minimum atomic E-state index is -0.473. The Kier molecular flexibility index (Phi) is 5.57. The van der Waals surface area contributed by atoms with Crippen LogP contribution in [0, 0.1) is 10.1 Å². The second-order valence-electron chi connectivity index (χ2n) is 4.51. The molecule has 1 atom stereocenters. The van der Waals surface area contributed by atoms with Crippen LogP contribution in [0.5, 0.6) is 11.5 Å². The largest absolute Gasteiger partial charge is 0.484 e. The average Bonchev–Trinajstić information content (AvgIpc) is 2.27. The number of likely N-dealkylation sites (N-methyl/N-ethyl adjacent to an activating group) is 1. The van der Waals surface area contributed by atoms with Crippen LogP contribution in [0.15, 0.2) is 18.2 Å². The summed E-state index contributed by atoms with van der Waals surface area (Å²) in [6.45, 7) is 6.09. The topological polar surface area (TPSA) is 73.6 Å². The molecule has 106 valence electrons. The van der Waals surface area contributed by atoms with E-state index in [1.807, 2.05) is 20.8 Å². The molecule has 0 fully saturated rings. The lowest BCUT2D eigenvalue weighted by Crippen LogP contribution is -2.26. The van der Waals surface area contributed by atoms with Gasteiger partial charge < -0.3 is 14.8 Å². The molecule has 6 heteroatoms. The molecule has 1 aromatic carbocycles. The molecule has 0 heterocycles. The first kappa shape index (κ1) is 15.2. The third-order valence-corrected chi connectivity index (χ3v) is 2.33. The third-order valence-electron chi connectivity index (χ3n) is 2.33. The monoisotopic (exact) mass is 268 g/mol. The summed E-state index contributed by atoms with van der Waals surface area (Å²) in [4.78, 5) is 10.7. The number of nitro groups is 1. The van der Waals surface area contributed by atoms with Crippen LogP contribution in [0.2, 0.25) is 0 Å². The number of hydrogen-bond donors (Lipinski definition) is 1. The van der Waals surface area contributed by atoms with Crippen LogP contribution >= 0.6 is 0 Å². The fourth-order valence-electron chi connectivity index (χ4n) is 1.67. The molecule has 6 nitrogen and oxygen atoms in total. The van der Waals surface area contributed by atoms with Crippen LogP contribution in [-0.4, -0.2) is 30.7 Å². The van der Waals surface area contributed by atoms with Gasteiger partial charge in [0.05, 0.1) is 11.0 Å². The van der Waals surface area contributed by atoms with E-state index in [9.17, 15) is 10.1 Å². The highest BCUT2D eigenvalue weighted by Crippen LogP contribution is 2.37. The van der Waals surface area contributed by atoms with E-state index in [1.165, 1.54) is 0 Å². The van der Waals surface area contributed by atoms with Crippen molar-refractivity contribution in [1.82, 2.24) is 5.32 Å². The maximum absolute atomic E-state index is 11.2. The predicted molar refractivity (Wildman–Crippen MR) is 72.9 cm³/mol. The van der Waals surface area contributed by atoms with Crippen molar-refractivity contribution >= 4 is 5.69 Å². The highest BCUT2D eigenvalue weighted by Gasteiger charge is 2.24. The number of benzene rings is 1. The van der Waals surface area contributed by atoms with Gasteiger partial charge in [0.1, 0.15) is 6.10 Å². The van der Waals surface area contributed by atoms with Crippen LogP contribution in [0.25, 0.3) is 0 Å². The molecule has 0 aliphatic rings. The molecule has 1 aromatic rings. The predicted octanol–water partition coefficient (Wildman–Crippen LogP) is 2.37. The molecule has 0 aliphatic carbocycles. The van der Waals surface area contributed by atoms with E-state index in [4.69, 9.17) is 9.47 Å². The van der Waals surface area contributed by atoms with Gasteiger partial charge in [-0.2, -0.15) is 0 Å². The summed E-state index contributed by atoms with van der Waals surface area (Å²) >= 11 is 0. The Bertz CT molecular complexity index is 435. The highest BCUT2D eigenvalue weighted by molar-refractivity contribution is 5.57. The molecule has 0 amide bonds. The van der Waals surface area contributed by atoms with E-state index in [-0.39, 0.29) is 29.4 Å². The standard InChI is InChI=1S/C13H20N2O4/c1-9(2)18-11-6-5-7-12(13(11)15(16)17)19-10(3)8-14-4/h5-7,9-10,14H,8H2,1-4H3. The Balaban J connectivity index is 3.06. The Labute approximate surface area is 112 Å². The van der Waals surface area contributed by atoms with E-state index >= 15 is 0 Å². The van der Waals surface area contributed by atoms with Gasteiger partial charge in [0.2, 0.25) is 11.5 Å². The SMILES string of the molecule is CNCC(C)Oc1cccc(OC(C)C)c1[N+](=O)[O-].